The summed E-state index contributed by atoms with van der Waals surface area (Å²) >= 11 is 7.96. The van der Waals surface area contributed by atoms with Crippen LogP contribution in [-0.2, 0) is 6.54 Å². The zero-order valence-electron chi connectivity index (χ0n) is 10.8. The van der Waals surface area contributed by atoms with Crippen molar-refractivity contribution in [2.75, 3.05) is 0 Å². The Morgan fingerprint density at radius 2 is 2.16 bits per heavy atom. The molecule has 2 aromatic heterocycles. The van der Waals surface area contributed by atoms with Gasteiger partial charge in [0.15, 0.2) is 0 Å². The number of alkyl halides is 1. The molecule has 0 aliphatic heterocycles. The molecule has 3 aromatic rings. The highest BCUT2D eigenvalue weighted by atomic mass is 35.5. The summed E-state index contributed by atoms with van der Waals surface area (Å²) in [6, 6.07) is 8.11. The van der Waals surface area contributed by atoms with Gasteiger partial charge in [0.1, 0.15) is 10.8 Å². The molecule has 1 aromatic carbocycles. The Labute approximate surface area is 120 Å². The molecule has 0 aliphatic carbocycles. The number of thiazole rings is 1. The number of aromatic nitrogens is 3. The van der Waals surface area contributed by atoms with E-state index in [1.165, 1.54) is 4.88 Å². The second-order valence-corrected chi connectivity index (χ2v) is 6.50. The third-order valence-corrected chi connectivity index (χ3v) is 4.10. The molecule has 5 heteroatoms. The third-order valence-electron chi connectivity index (χ3n) is 3.00. The maximum Gasteiger partial charge on any atom is 0.128 e. The number of halogens is 1. The predicted molar refractivity (Wildman–Crippen MR) is 80.0 cm³/mol. The number of hydrogen-bond donors (Lipinski definition) is 0. The van der Waals surface area contributed by atoms with Gasteiger partial charge in [0.2, 0.25) is 0 Å². The molecule has 19 heavy (non-hydrogen) atoms. The third kappa shape index (κ3) is 2.38. The van der Waals surface area contributed by atoms with Crippen molar-refractivity contribution in [3.05, 3.63) is 46.2 Å². The smallest absolute Gasteiger partial charge is 0.128 e. The molecule has 0 saturated carbocycles. The van der Waals surface area contributed by atoms with Crippen molar-refractivity contribution in [1.29, 1.82) is 0 Å². The summed E-state index contributed by atoms with van der Waals surface area (Å²) in [5.41, 5.74) is 2.09. The number of nitrogens with zero attached hydrogens (tertiary/aromatic N) is 3. The van der Waals surface area contributed by atoms with Crippen LogP contribution in [0.2, 0.25) is 0 Å². The van der Waals surface area contributed by atoms with E-state index >= 15 is 0 Å². The van der Waals surface area contributed by atoms with Crippen molar-refractivity contribution in [3.8, 4) is 0 Å². The van der Waals surface area contributed by atoms with Crippen molar-refractivity contribution in [2.45, 2.75) is 25.8 Å². The van der Waals surface area contributed by atoms with Gasteiger partial charge in [-0.25, -0.2) is 9.97 Å². The average molecular weight is 292 g/mol. The molecule has 3 nitrogen and oxygen atoms in total. The van der Waals surface area contributed by atoms with Crippen LogP contribution < -0.4 is 0 Å². The van der Waals surface area contributed by atoms with Gasteiger partial charge in [-0.05, 0) is 26.0 Å². The number of para-hydroxylation sites is 2. The lowest BCUT2D eigenvalue weighted by Crippen LogP contribution is -2.05. The van der Waals surface area contributed by atoms with Crippen molar-refractivity contribution in [3.63, 3.8) is 0 Å². The van der Waals surface area contributed by atoms with Crippen LogP contribution in [0.3, 0.4) is 0 Å². The zero-order chi connectivity index (χ0) is 13.4. The molecule has 0 aliphatic rings. The topological polar surface area (TPSA) is 30.7 Å². The number of fused-ring (bicyclic) bond motifs is 1. The Kier molecular flexibility index (Phi) is 3.29. The maximum absolute atomic E-state index is 6.25. The van der Waals surface area contributed by atoms with E-state index in [2.05, 4.69) is 27.5 Å². The van der Waals surface area contributed by atoms with Gasteiger partial charge in [-0.15, -0.1) is 22.9 Å². The molecule has 1 atom stereocenters. The highest BCUT2D eigenvalue weighted by Gasteiger charge is 2.15. The van der Waals surface area contributed by atoms with Crippen LogP contribution >= 0.6 is 22.9 Å². The van der Waals surface area contributed by atoms with Crippen molar-refractivity contribution >= 4 is 34.0 Å². The molecular weight excluding hydrogens is 278 g/mol. The standard InChI is InChI=1S/C14H14ClN3S/c1-9-7-16-13(19-9)8-18-12-6-4-3-5-11(12)17-14(18)10(2)15/h3-7,10H,8H2,1-2H3. The van der Waals surface area contributed by atoms with Gasteiger partial charge in [-0.2, -0.15) is 0 Å². The summed E-state index contributed by atoms with van der Waals surface area (Å²) in [4.78, 5) is 10.3. The van der Waals surface area contributed by atoms with E-state index in [1.54, 1.807) is 11.3 Å². The summed E-state index contributed by atoms with van der Waals surface area (Å²) in [6.07, 6.45) is 1.91. The Hall–Kier alpha value is -1.39. The predicted octanol–water partition coefficient (Wildman–Crippen LogP) is 4.15. The minimum atomic E-state index is -0.117. The maximum atomic E-state index is 6.25. The summed E-state index contributed by atoms with van der Waals surface area (Å²) in [5, 5.41) is 0.965. The normalized spacial score (nSPS) is 13.0. The van der Waals surface area contributed by atoms with Gasteiger partial charge in [0.05, 0.1) is 23.0 Å². The first-order valence-corrected chi connectivity index (χ1v) is 7.41. The van der Waals surface area contributed by atoms with Gasteiger partial charge < -0.3 is 4.57 Å². The quantitative estimate of drug-likeness (QED) is 0.679. The molecular formula is C14H14ClN3S. The Bertz CT molecular complexity index is 714. The fourth-order valence-electron chi connectivity index (χ4n) is 2.17. The second-order valence-electron chi connectivity index (χ2n) is 4.53. The van der Waals surface area contributed by atoms with Gasteiger partial charge in [0.25, 0.3) is 0 Å². The number of aryl methyl sites for hydroxylation is 1. The summed E-state index contributed by atoms with van der Waals surface area (Å²) in [6.45, 7) is 4.75. The van der Waals surface area contributed by atoms with Crippen LogP contribution in [0.15, 0.2) is 30.5 Å². The van der Waals surface area contributed by atoms with Crippen molar-refractivity contribution < 1.29 is 0 Å². The minimum absolute atomic E-state index is 0.117. The Balaban J connectivity index is 2.12. The second kappa shape index (κ2) is 4.94. The molecule has 0 saturated heterocycles. The number of rotatable bonds is 3. The van der Waals surface area contributed by atoms with E-state index in [4.69, 9.17) is 11.6 Å². The van der Waals surface area contributed by atoms with Gasteiger partial charge in [0, 0.05) is 11.1 Å². The Morgan fingerprint density at radius 1 is 1.37 bits per heavy atom. The molecule has 98 valence electrons. The highest BCUT2D eigenvalue weighted by molar-refractivity contribution is 7.11. The fourth-order valence-corrected chi connectivity index (χ4v) is 3.12. The molecule has 1 unspecified atom stereocenters. The van der Waals surface area contributed by atoms with Crippen LogP contribution in [0.4, 0.5) is 0 Å². The first kappa shape index (κ1) is 12.6. The van der Waals surface area contributed by atoms with Crippen LogP contribution in [-0.4, -0.2) is 14.5 Å². The van der Waals surface area contributed by atoms with Gasteiger partial charge in [-0.3, -0.25) is 0 Å². The van der Waals surface area contributed by atoms with E-state index in [0.29, 0.717) is 0 Å². The lowest BCUT2D eigenvalue weighted by atomic mass is 10.3. The number of imidazole rings is 1. The molecule has 0 amide bonds. The van der Waals surface area contributed by atoms with Gasteiger partial charge in [-0.1, -0.05) is 12.1 Å². The van der Waals surface area contributed by atoms with E-state index < -0.39 is 0 Å². The fraction of sp³-hybridized carbons (Fsp3) is 0.286. The molecule has 0 spiro atoms. The Morgan fingerprint density at radius 3 is 2.84 bits per heavy atom. The lowest BCUT2D eigenvalue weighted by molar-refractivity contribution is 0.738. The van der Waals surface area contributed by atoms with E-state index in [-0.39, 0.29) is 5.38 Å². The first-order chi connectivity index (χ1) is 9.15. The summed E-state index contributed by atoms with van der Waals surface area (Å²) in [7, 11) is 0. The van der Waals surface area contributed by atoms with Crippen LogP contribution in [0.25, 0.3) is 11.0 Å². The monoisotopic (exact) mass is 291 g/mol. The molecule has 2 heterocycles. The zero-order valence-corrected chi connectivity index (χ0v) is 12.4. The summed E-state index contributed by atoms with van der Waals surface area (Å²) < 4.78 is 2.16. The van der Waals surface area contributed by atoms with E-state index in [0.717, 1.165) is 28.4 Å². The molecule has 0 radical (unpaired) electrons. The van der Waals surface area contributed by atoms with Gasteiger partial charge >= 0.3 is 0 Å². The number of hydrogen-bond acceptors (Lipinski definition) is 3. The van der Waals surface area contributed by atoms with E-state index in [1.807, 2.05) is 31.3 Å². The highest BCUT2D eigenvalue weighted by Crippen LogP contribution is 2.26. The minimum Gasteiger partial charge on any atom is -0.320 e. The molecule has 0 fully saturated rings. The van der Waals surface area contributed by atoms with Crippen LogP contribution in [0, 0.1) is 6.92 Å². The molecule has 0 N–H and O–H groups in total. The van der Waals surface area contributed by atoms with Crippen LogP contribution in [0.1, 0.15) is 28.0 Å². The molecule has 3 rings (SSSR count). The van der Waals surface area contributed by atoms with Crippen LogP contribution in [0.5, 0.6) is 0 Å². The average Bonchev–Trinajstić information content (AvgIpc) is 2.95. The SMILES string of the molecule is Cc1cnc(Cn2c(C(C)Cl)nc3ccccc32)s1. The van der Waals surface area contributed by atoms with Crippen molar-refractivity contribution in [1.82, 2.24) is 14.5 Å². The largest absolute Gasteiger partial charge is 0.320 e. The lowest BCUT2D eigenvalue weighted by Gasteiger charge is -2.08. The number of benzene rings is 1. The van der Waals surface area contributed by atoms with E-state index in [9.17, 15) is 0 Å². The molecule has 0 bridgehead atoms. The van der Waals surface area contributed by atoms with Crippen molar-refractivity contribution in [2.24, 2.45) is 0 Å². The first-order valence-electron chi connectivity index (χ1n) is 6.15. The summed E-state index contributed by atoms with van der Waals surface area (Å²) in [5.74, 6) is 0.899.